The first-order chi connectivity index (χ1) is 8.93. The Balaban J connectivity index is 0.000001000. The van der Waals surface area contributed by atoms with Crippen molar-refractivity contribution in [2.45, 2.75) is 37.8 Å². The summed E-state index contributed by atoms with van der Waals surface area (Å²) < 4.78 is 5.94. The molecule has 1 saturated carbocycles. The molecule has 2 unspecified atom stereocenters. The number of hydrogen-bond donors (Lipinski definition) is 1. The molecule has 0 aromatic rings. The van der Waals surface area contributed by atoms with Crippen LogP contribution in [0.4, 0.5) is 0 Å². The summed E-state index contributed by atoms with van der Waals surface area (Å²) in [5.41, 5.74) is 0. The van der Waals surface area contributed by atoms with Crippen molar-refractivity contribution in [1.29, 1.82) is 0 Å². The Morgan fingerprint density at radius 1 is 0.950 bits per heavy atom. The van der Waals surface area contributed by atoms with Gasteiger partial charge in [0.1, 0.15) is 0 Å². The number of fused-ring (bicyclic) bond motifs is 1. The van der Waals surface area contributed by atoms with Crippen LogP contribution in [0.3, 0.4) is 0 Å². The van der Waals surface area contributed by atoms with E-state index in [1.807, 2.05) is 0 Å². The van der Waals surface area contributed by atoms with Crippen LogP contribution in [-0.2, 0) is 4.74 Å². The summed E-state index contributed by atoms with van der Waals surface area (Å²) in [7, 11) is 0. The van der Waals surface area contributed by atoms with E-state index in [1.54, 1.807) is 0 Å². The average molecular weight is 326 g/mol. The van der Waals surface area contributed by atoms with E-state index in [9.17, 15) is 0 Å². The quantitative estimate of drug-likeness (QED) is 0.848. The predicted molar refractivity (Wildman–Crippen MR) is 87.4 cm³/mol. The van der Waals surface area contributed by atoms with Crippen LogP contribution in [0, 0.1) is 0 Å². The van der Waals surface area contributed by atoms with E-state index in [2.05, 4.69) is 15.1 Å². The number of morpholine rings is 1. The summed E-state index contributed by atoms with van der Waals surface area (Å²) in [6.07, 6.45) is 5.94. The largest absolute Gasteiger partial charge is 0.375 e. The van der Waals surface area contributed by atoms with E-state index in [4.69, 9.17) is 4.74 Å². The lowest BCUT2D eigenvalue weighted by molar-refractivity contribution is -0.0896. The van der Waals surface area contributed by atoms with Gasteiger partial charge in [0, 0.05) is 51.9 Å². The highest BCUT2D eigenvalue weighted by atomic mass is 35.5. The van der Waals surface area contributed by atoms with E-state index in [0.29, 0.717) is 6.10 Å². The average Bonchev–Trinajstić information content (AvgIpc) is 2.46. The van der Waals surface area contributed by atoms with Crippen molar-refractivity contribution in [3.8, 4) is 0 Å². The van der Waals surface area contributed by atoms with Crippen LogP contribution in [-0.4, -0.2) is 74.4 Å². The molecular weight excluding hydrogens is 297 g/mol. The Hall–Kier alpha value is 0.420. The maximum absolute atomic E-state index is 5.94. The molecule has 2 saturated heterocycles. The number of hydrogen-bond acceptors (Lipinski definition) is 4. The maximum Gasteiger partial charge on any atom is 0.0730 e. The topological polar surface area (TPSA) is 27.7 Å². The molecule has 2 heterocycles. The lowest BCUT2D eigenvalue weighted by Gasteiger charge is -2.44. The highest BCUT2D eigenvalue weighted by Gasteiger charge is 2.33. The fourth-order valence-electron chi connectivity index (χ4n) is 3.66. The van der Waals surface area contributed by atoms with E-state index in [1.165, 1.54) is 51.9 Å². The van der Waals surface area contributed by atoms with Gasteiger partial charge in [-0.25, -0.2) is 0 Å². The van der Waals surface area contributed by atoms with Gasteiger partial charge < -0.3 is 10.1 Å². The highest BCUT2D eigenvalue weighted by molar-refractivity contribution is 5.85. The van der Waals surface area contributed by atoms with Gasteiger partial charge in [0.05, 0.1) is 12.7 Å². The molecule has 2 atom stereocenters. The van der Waals surface area contributed by atoms with Gasteiger partial charge >= 0.3 is 0 Å². The van der Waals surface area contributed by atoms with Crippen LogP contribution >= 0.6 is 24.8 Å². The van der Waals surface area contributed by atoms with Gasteiger partial charge in [-0.3, -0.25) is 9.80 Å². The second-order valence-corrected chi connectivity index (χ2v) is 5.89. The number of ether oxygens (including phenoxy) is 1. The molecule has 0 radical (unpaired) electrons. The van der Waals surface area contributed by atoms with Crippen LogP contribution in [0.5, 0.6) is 0 Å². The lowest BCUT2D eigenvalue weighted by Crippen LogP contribution is -2.55. The molecule has 0 amide bonds. The van der Waals surface area contributed by atoms with Crippen LogP contribution in [0.25, 0.3) is 0 Å². The molecule has 4 nitrogen and oxygen atoms in total. The summed E-state index contributed by atoms with van der Waals surface area (Å²) in [6.45, 7) is 9.34. The number of piperazine rings is 1. The fourth-order valence-corrected chi connectivity index (χ4v) is 3.66. The van der Waals surface area contributed by atoms with Crippen molar-refractivity contribution in [1.82, 2.24) is 15.1 Å². The zero-order valence-corrected chi connectivity index (χ0v) is 13.9. The van der Waals surface area contributed by atoms with Crippen molar-refractivity contribution >= 4 is 24.8 Å². The summed E-state index contributed by atoms with van der Waals surface area (Å²) in [6, 6.07) is 0.718. The first-order valence-corrected chi connectivity index (χ1v) is 7.72. The molecule has 0 aromatic carbocycles. The third-order valence-electron chi connectivity index (χ3n) is 4.76. The molecule has 20 heavy (non-hydrogen) atoms. The van der Waals surface area contributed by atoms with Crippen LogP contribution in [0.15, 0.2) is 0 Å². The summed E-state index contributed by atoms with van der Waals surface area (Å²) in [4.78, 5) is 5.30. The minimum Gasteiger partial charge on any atom is -0.375 e. The summed E-state index contributed by atoms with van der Waals surface area (Å²) >= 11 is 0. The van der Waals surface area contributed by atoms with Crippen LogP contribution < -0.4 is 5.32 Å². The standard InChI is InChI=1S/C14H27N3O.2ClH/c1-2-4-14-13(3-1)17(11-12-18-14)10-9-16-7-5-15-6-8-16;;/h13-15H,1-12H2;2*1H. The fraction of sp³-hybridized carbons (Fsp3) is 1.00. The first-order valence-electron chi connectivity index (χ1n) is 7.72. The molecule has 3 fully saturated rings. The van der Waals surface area contributed by atoms with Crippen molar-refractivity contribution in [3.05, 3.63) is 0 Å². The SMILES string of the molecule is C1CCC2C(C1)OCCN2CCN1CCNCC1.Cl.Cl. The van der Waals surface area contributed by atoms with Crippen LogP contribution in [0.1, 0.15) is 25.7 Å². The van der Waals surface area contributed by atoms with Crippen molar-refractivity contribution in [2.24, 2.45) is 0 Å². The molecule has 6 heteroatoms. The van der Waals surface area contributed by atoms with Crippen molar-refractivity contribution < 1.29 is 4.74 Å². The first kappa shape index (κ1) is 18.5. The van der Waals surface area contributed by atoms with Gasteiger partial charge in [0.2, 0.25) is 0 Å². The van der Waals surface area contributed by atoms with Crippen LogP contribution in [0.2, 0.25) is 0 Å². The van der Waals surface area contributed by atoms with Gasteiger partial charge in [0.15, 0.2) is 0 Å². The van der Waals surface area contributed by atoms with E-state index in [0.717, 1.165) is 32.3 Å². The Morgan fingerprint density at radius 3 is 2.50 bits per heavy atom. The lowest BCUT2D eigenvalue weighted by atomic mass is 9.90. The minimum absolute atomic E-state index is 0. The molecule has 3 rings (SSSR count). The number of nitrogens with zero attached hydrogens (tertiary/aromatic N) is 2. The molecule has 0 aromatic heterocycles. The monoisotopic (exact) mass is 325 g/mol. The Bertz CT molecular complexity index is 263. The van der Waals surface area contributed by atoms with Gasteiger partial charge in [-0.15, -0.1) is 24.8 Å². The number of nitrogens with one attached hydrogen (secondary N) is 1. The highest BCUT2D eigenvalue weighted by Crippen LogP contribution is 2.28. The Morgan fingerprint density at radius 2 is 1.70 bits per heavy atom. The maximum atomic E-state index is 5.94. The van der Waals surface area contributed by atoms with E-state index in [-0.39, 0.29) is 24.8 Å². The summed E-state index contributed by atoms with van der Waals surface area (Å²) in [5.74, 6) is 0. The van der Waals surface area contributed by atoms with E-state index >= 15 is 0 Å². The normalized spacial score (nSPS) is 31.8. The Labute approximate surface area is 135 Å². The number of rotatable bonds is 3. The molecule has 1 aliphatic carbocycles. The molecule has 2 aliphatic heterocycles. The van der Waals surface area contributed by atoms with Gasteiger partial charge in [-0.2, -0.15) is 0 Å². The van der Waals surface area contributed by atoms with Crippen molar-refractivity contribution in [3.63, 3.8) is 0 Å². The van der Waals surface area contributed by atoms with Crippen molar-refractivity contribution in [2.75, 3.05) is 52.4 Å². The summed E-state index contributed by atoms with van der Waals surface area (Å²) in [5, 5.41) is 3.42. The van der Waals surface area contributed by atoms with Gasteiger partial charge in [-0.1, -0.05) is 12.8 Å². The molecule has 0 bridgehead atoms. The second kappa shape index (κ2) is 9.44. The van der Waals surface area contributed by atoms with E-state index < -0.39 is 0 Å². The third kappa shape index (κ3) is 4.72. The molecule has 3 aliphatic rings. The molecule has 1 N–H and O–H groups in total. The second-order valence-electron chi connectivity index (χ2n) is 5.89. The minimum atomic E-state index is 0. The number of halogens is 2. The predicted octanol–water partition coefficient (Wildman–Crippen LogP) is 1.38. The van der Waals surface area contributed by atoms with Gasteiger partial charge in [0.25, 0.3) is 0 Å². The smallest absolute Gasteiger partial charge is 0.0730 e. The third-order valence-corrected chi connectivity index (χ3v) is 4.76. The molecule has 0 spiro atoms. The zero-order valence-electron chi connectivity index (χ0n) is 12.3. The molecular formula is C14H29Cl2N3O. The van der Waals surface area contributed by atoms with Gasteiger partial charge in [-0.05, 0) is 12.8 Å². The molecule has 120 valence electrons. The zero-order chi connectivity index (χ0) is 12.2. The Kier molecular flexibility index (Phi) is 8.72.